The van der Waals surface area contributed by atoms with Crippen LogP contribution in [0.2, 0.25) is 10.0 Å². The van der Waals surface area contributed by atoms with E-state index in [9.17, 15) is 14.0 Å². The van der Waals surface area contributed by atoms with Gasteiger partial charge in [-0.15, -0.1) is 0 Å². The van der Waals surface area contributed by atoms with Crippen LogP contribution in [0.5, 0.6) is 11.5 Å². The highest BCUT2D eigenvalue weighted by molar-refractivity contribution is 6.36. The quantitative estimate of drug-likeness (QED) is 0.585. The number of esters is 1. The van der Waals surface area contributed by atoms with Crippen LogP contribution >= 0.6 is 23.2 Å². The fourth-order valence-electron chi connectivity index (χ4n) is 1.99. The van der Waals surface area contributed by atoms with Crippen molar-refractivity contribution in [1.82, 2.24) is 0 Å². The van der Waals surface area contributed by atoms with E-state index in [1.807, 2.05) is 0 Å². The summed E-state index contributed by atoms with van der Waals surface area (Å²) in [6, 6.07) is 6.73. The van der Waals surface area contributed by atoms with Gasteiger partial charge in [-0.2, -0.15) is 0 Å². The maximum Gasteiger partial charge on any atom is 0.340 e. The van der Waals surface area contributed by atoms with Crippen molar-refractivity contribution in [2.24, 2.45) is 0 Å². The highest BCUT2D eigenvalue weighted by Gasteiger charge is 2.17. The number of carbonyl (C=O) groups is 2. The van der Waals surface area contributed by atoms with Gasteiger partial charge in [0, 0.05) is 6.07 Å². The first-order valence-corrected chi connectivity index (χ1v) is 7.94. The normalized spacial score (nSPS) is 10.2. The van der Waals surface area contributed by atoms with E-state index in [1.165, 1.54) is 14.2 Å². The molecule has 0 unspecified atom stereocenters. The van der Waals surface area contributed by atoms with Gasteiger partial charge in [0.2, 0.25) is 0 Å². The Morgan fingerprint density at radius 1 is 1.08 bits per heavy atom. The average Bonchev–Trinajstić information content (AvgIpc) is 2.62. The minimum Gasteiger partial charge on any atom is -0.497 e. The number of hydrogen-bond donors (Lipinski definition) is 1. The van der Waals surface area contributed by atoms with Crippen LogP contribution in [-0.2, 0) is 9.53 Å². The summed E-state index contributed by atoms with van der Waals surface area (Å²) in [7, 11) is 2.92. The lowest BCUT2D eigenvalue weighted by atomic mass is 10.2. The smallest absolute Gasteiger partial charge is 0.340 e. The van der Waals surface area contributed by atoms with Crippen LogP contribution in [0.1, 0.15) is 10.4 Å². The minimum atomic E-state index is -0.960. The van der Waals surface area contributed by atoms with Gasteiger partial charge in [0.1, 0.15) is 17.3 Å². The number of amides is 1. The molecular formula is C17H14Cl2FNO5. The van der Waals surface area contributed by atoms with E-state index < -0.39 is 24.3 Å². The third kappa shape index (κ3) is 4.77. The summed E-state index contributed by atoms with van der Waals surface area (Å²) < 4.78 is 28.5. The minimum absolute atomic E-state index is 0.0868. The van der Waals surface area contributed by atoms with E-state index in [1.54, 1.807) is 18.2 Å². The van der Waals surface area contributed by atoms with Gasteiger partial charge in [-0.1, -0.05) is 23.2 Å². The van der Waals surface area contributed by atoms with Gasteiger partial charge in [-0.3, -0.25) is 4.79 Å². The Hall–Kier alpha value is -2.51. The summed E-state index contributed by atoms with van der Waals surface area (Å²) in [5, 5.41) is 2.21. The lowest BCUT2D eigenvalue weighted by Gasteiger charge is -2.12. The molecule has 9 heteroatoms. The lowest BCUT2D eigenvalue weighted by Crippen LogP contribution is -2.21. The second-order valence-corrected chi connectivity index (χ2v) is 5.75. The molecule has 1 N–H and O–H groups in total. The summed E-state index contributed by atoms with van der Waals surface area (Å²) in [5.41, 5.74) is 0.101. The summed E-state index contributed by atoms with van der Waals surface area (Å²) in [6.07, 6.45) is 0. The molecule has 0 bridgehead atoms. The number of anilines is 1. The summed E-state index contributed by atoms with van der Waals surface area (Å²) >= 11 is 11.4. The highest BCUT2D eigenvalue weighted by Crippen LogP contribution is 2.29. The van der Waals surface area contributed by atoms with Crippen LogP contribution in [0.3, 0.4) is 0 Å². The van der Waals surface area contributed by atoms with E-state index in [2.05, 4.69) is 5.32 Å². The summed E-state index contributed by atoms with van der Waals surface area (Å²) in [6.45, 7) is -0.611. The van der Waals surface area contributed by atoms with Crippen molar-refractivity contribution in [1.29, 1.82) is 0 Å². The Morgan fingerprint density at radius 2 is 1.81 bits per heavy atom. The number of halogens is 3. The first kappa shape index (κ1) is 19.8. The Bertz CT molecular complexity index is 844. The van der Waals surface area contributed by atoms with E-state index in [4.69, 9.17) is 37.4 Å². The van der Waals surface area contributed by atoms with Crippen LogP contribution < -0.4 is 14.8 Å². The summed E-state index contributed by atoms with van der Waals surface area (Å²) in [4.78, 5) is 24.0. The fourth-order valence-corrected chi connectivity index (χ4v) is 2.45. The Kier molecular flexibility index (Phi) is 6.65. The molecule has 0 aliphatic heterocycles. The zero-order chi connectivity index (χ0) is 19.3. The van der Waals surface area contributed by atoms with Crippen molar-refractivity contribution in [2.75, 3.05) is 26.1 Å². The number of methoxy groups -OCH3 is 2. The van der Waals surface area contributed by atoms with Crippen LogP contribution in [0.25, 0.3) is 0 Å². The van der Waals surface area contributed by atoms with Crippen molar-refractivity contribution >= 4 is 40.8 Å². The van der Waals surface area contributed by atoms with Gasteiger partial charge >= 0.3 is 5.97 Å². The zero-order valence-electron chi connectivity index (χ0n) is 13.8. The second-order valence-electron chi connectivity index (χ2n) is 4.94. The van der Waals surface area contributed by atoms with Crippen molar-refractivity contribution in [3.05, 3.63) is 51.8 Å². The first-order valence-electron chi connectivity index (χ1n) is 7.19. The molecule has 0 aromatic heterocycles. The monoisotopic (exact) mass is 401 g/mol. The largest absolute Gasteiger partial charge is 0.497 e. The van der Waals surface area contributed by atoms with E-state index in [0.717, 1.165) is 12.1 Å². The lowest BCUT2D eigenvalue weighted by molar-refractivity contribution is -0.119. The van der Waals surface area contributed by atoms with Gasteiger partial charge in [-0.05, 0) is 24.3 Å². The molecule has 0 saturated heterocycles. The van der Waals surface area contributed by atoms with Crippen molar-refractivity contribution < 1.29 is 28.2 Å². The number of benzene rings is 2. The van der Waals surface area contributed by atoms with E-state index >= 15 is 0 Å². The van der Waals surface area contributed by atoms with E-state index in [-0.39, 0.29) is 15.6 Å². The molecule has 2 aromatic rings. The van der Waals surface area contributed by atoms with Crippen LogP contribution in [0, 0.1) is 5.82 Å². The molecule has 0 radical (unpaired) electrons. The molecule has 0 aliphatic carbocycles. The number of ether oxygens (including phenoxy) is 3. The number of rotatable bonds is 6. The maximum absolute atomic E-state index is 13.5. The predicted molar refractivity (Wildman–Crippen MR) is 94.9 cm³/mol. The molecule has 138 valence electrons. The van der Waals surface area contributed by atoms with Gasteiger partial charge in [0.15, 0.2) is 6.61 Å². The molecule has 2 aromatic carbocycles. The van der Waals surface area contributed by atoms with Gasteiger partial charge in [-0.25, -0.2) is 9.18 Å². The molecule has 1 amide bonds. The Morgan fingerprint density at radius 3 is 2.46 bits per heavy atom. The number of hydrogen-bond acceptors (Lipinski definition) is 5. The SMILES string of the molecule is COc1ccc(OC)c(NC(=O)COC(=O)c2cc(F)c(Cl)cc2Cl)c1. The highest BCUT2D eigenvalue weighted by atomic mass is 35.5. The van der Waals surface area contributed by atoms with Gasteiger partial charge in [0.25, 0.3) is 5.91 Å². The number of nitrogens with one attached hydrogen (secondary N) is 1. The van der Waals surface area contributed by atoms with Crippen LogP contribution in [-0.4, -0.2) is 32.7 Å². The standard InChI is InChI=1S/C17H14Cl2FNO5/c1-24-9-3-4-15(25-2)14(5-9)21-16(22)8-26-17(23)10-6-13(20)12(19)7-11(10)18/h3-7H,8H2,1-2H3,(H,21,22). The predicted octanol–water partition coefficient (Wildman–Crippen LogP) is 3.95. The fraction of sp³-hybridized carbons (Fsp3) is 0.176. The Balaban J connectivity index is 2.03. The zero-order valence-corrected chi connectivity index (χ0v) is 15.3. The molecular weight excluding hydrogens is 388 g/mol. The maximum atomic E-state index is 13.5. The number of carbonyl (C=O) groups excluding carboxylic acids is 2. The average molecular weight is 402 g/mol. The van der Waals surface area contributed by atoms with Crippen molar-refractivity contribution in [3.63, 3.8) is 0 Å². The molecule has 26 heavy (non-hydrogen) atoms. The molecule has 0 fully saturated rings. The molecule has 0 spiro atoms. The first-order chi connectivity index (χ1) is 12.3. The Labute approximate surface area is 158 Å². The molecule has 0 saturated carbocycles. The molecule has 0 aliphatic rings. The van der Waals surface area contributed by atoms with Crippen LogP contribution in [0.15, 0.2) is 30.3 Å². The third-order valence-corrected chi connectivity index (χ3v) is 3.85. The third-order valence-electron chi connectivity index (χ3n) is 3.24. The topological polar surface area (TPSA) is 73.9 Å². The van der Waals surface area contributed by atoms with Crippen molar-refractivity contribution in [3.8, 4) is 11.5 Å². The molecule has 2 rings (SSSR count). The van der Waals surface area contributed by atoms with Crippen LogP contribution in [0.4, 0.5) is 10.1 Å². The van der Waals surface area contributed by atoms with Crippen molar-refractivity contribution in [2.45, 2.75) is 0 Å². The van der Waals surface area contributed by atoms with E-state index in [0.29, 0.717) is 17.2 Å². The molecule has 0 atom stereocenters. The second kappa shape index (κ2) is 8.73. The molecule has 6 nitrogen and oxygen atoms in total. The molecule has 0 heterocycles. The van der Waals surface area contributed by atoms with Gasteiger partial charge in [0.05, 0.1) is 35.5 Å². The van der Waals surface area contributed by atoms with Gasteiger partial charge < -0.3 is 19.5 Å². The summed E-state index contributed by atoms with van der Waals surface area (Å²) in [5.74, 6) is -1.52.